The average molecular weight is 319 g/mol. The van der Waals surface area contributed by atoms with Gasteiger partial charge in [-0.1, -0.05) is 19.1 Å². The van der Waals surface area contributed by atoms with Gasteiger partial charge < -0.3 is 20.4 Å². The Morgan fingerprint density at radius 2 is 2.17 bits per heavy atom. The van der Waals surface area contributed by atoms with Gasteiger partial charge in [-0.2, -0.15) is 0 Å². The van der Waals surface area contributed by atoms with Crippen LogP contribution in [0.1, 0.15) is 19.8 Å². The number of hydrazine groups is 1. The monoisotopic (exact) mass is 319 g/mol. The molecule has 23 heavy (non-hydrogen) atoms. The quantitative estimate of drug-likeness (QED) is 0.521. The molecule has 0 saturated carbocycles. The van der Waals surface area contributed by atoms with Gasteiger partial charge in [0.1, 0.15) is 5.75 Å². The van der Waals surface area contributed by atoms with E-state index in [0.717, 1.165) is 36.6 Å². The highest BCUT2D eigenvalue weighted by Crippen LogP contribution is 2.22. The Kier molecular flexibility index (Phi) is 6.75. The summed E-state index contributed by atoms with van der Waals surface area (Å²) in [5.41, 5.74) is 7.66. The number of quaternary nitrogens is 1. The van der Waals surface area contributed by atoms with Gasteiger partial charge in [0.2, 0.25) is 0 Å². The number of rotatable bonds is 8. The summed E-state index contributed by atoms with van der Waals surface area (Å²) in [5, 5.41) is 3.07. The fourth-order valence-electron chi connectivity index (χ4n) is 2.64. The zero-order valence-corrected chi connectivity index (χ0v) is 13.9. The lowest BCUT2D eigenvalue weighted by Crippen LogP contribution is -3.12. The van der Waals surface area contributed by atoms with Gasteiger partial charge in [-0.3, -0.25) is 10.2 Å². The Balaban J connectivity index is 1.71. The van der Waals surface area contributed by atoms with Crippen LogP contribution in [0.25, 0.3) is 0 Å². The number of nitrogens with one attached hydrogen (secondary N) is 4. The van der Waals surface area contributed by atoms with Crippen LogP contribution in [0.3, 0.4) is 0 Å². The zero-order valence-electron chi connectivity index (χ0n) is 13.9. The van der Waals surface area contributed by atoms with Crippen molar-refractivity contribution in [2.75, 3.05) is 38.6 Å². The van der Waals surface area contributed by atoms with Gasteiger partial charge in [0.05, 0.1) is 39.0 Å². The molecule has 0 saturated heterocycles. The molecular weight excluding hydrogens is 292 g/mol. The third-order valence-electron chi connectivity index (χ3n) is 3.90. The summed E-state index contributed by atoms with van der Waals surface area (Å²) in [7, 11) is 1.61. The summed E-state index contributed by atoms with van der Waals surface area (Å²) < 4.78 is 5.24. The molecule has 6 heteroatoms. The minimum atomic E-state index is -0.111. The van der Waals surface area contributed by atoms with Gasteiger partial charge in [-0.05, 0) is 24.6 Å². The van der Waals surface area contributed by atoms with Crippen LogP contribution in [0.2, 0.25) is 0 Å². The third-order valence-corrected chi connectivity index (χ3v) is 3.90. The van der Waals surface area contributed by atoms with Crippen LogP contribution in [-0.4, -0.2) is 39.2 Å². The molecule has 0 aromatic heterocycles. The van der Waals surface area contributed by atoms with Gasteiger partial charge in [0.15, 0.2) is 0 Å². The van der Waals surface area contributed by atoms with Gasteiger partial charge in [0.25, 0.3) is 5.91 Å². The molecule has 126 valence electrons. The molecule has 1 unspecified atom stereocenters. The van der Waals surface area contributed by atoms with Crippen molar-refractivity contribution in [1.82, 2.24) is 10.9 Å². The Labute approximate surface area is 137 Å². The lowest BCUT2D eigenvalue weighted by Gasteiger charge is -2.23. The Morgan fingerprint density at radius 1 is 1.35 bits per heavy atom. The standard InChI is InChI=1S/C17H26N4O2/c1-3-10-21-11-8-14(9-12-21)19-20-17(22)13-18-15-6-4-5-7-16(15)23-2/h4-8,18-19H,3,9-13H2,1-2H3,(H,20,22)/p+1. The molecule has 1 amide bonds. The molecule has 1 aliphatic heterocycles. The number of benzene rings is 1. The largest absolute Gasteiger partial charge is 0.495 e. The lowest BCUT2D eigenvalue weighted by atomic mass is 10.2. The van der Waals surface area contributed by atoms with E-state index in [2.05, 4.69) is 29.2 Å². The maximum atomic E-state index is 11.9. The van der Waals surface area contributed by atoms with Crippen molar-refractivity contribution >= 4 is 11.6 Å². The highest BCUT2D eigenvalue weighted by atomic mass is 16.5. The number of hydrogen-bond donors (Lipinski definition) is 4. The van der Waals surface area contributed by atoms with Gasteiger partial charge in [0, 0.05) is 12.1 Å². The Hall–Kier alpha value is -2.21. The normalized spacial score (nSPS) is 17.1. The topological polar surface area (TPSA) is 66.8 Å². The second-order valence-electron chi connectivity index (χ2n) is 5.66. The van der Waals surface area contributed by atoms with Gasteiger partial charge in [-0.25, -0.2) is 0 Å². The molecule has 0 aliphatic carbocycles. The summed E-state index contributed by atoms with van der Waals surface area (Å²) in [5.74, 6) is 0.613. The molecule has 1 heterocycles. The van der Waals surface area contributed by atoms with E-state index >= 15 is 0 Å². The number of hydrogen-bond acceptors (Lipinski definition) is 4. The van der Waals surface area contributed by atoms with E-state index in [9.17, 15) is 4.79 Å². The van der Waals surface area contributed by atoms with E-state index in [-0.39, 0.29) is 12.5 Å². The summed E-state index contributed by atoms with van der Waals surface area (Å²) in [6, 6.07) is 7.53. The number of methoxy groups -OCH3 is 1. The second kappa shape index (κ2) is 9.05. The van der Waals surface area contributed by atoms with Crippen molar-refractivity contribution in [3.8, 4) is 5.75 Å². The second-order valence-corrected chi connectivity index (χ2v) is 5.66. The van der Waals surface area contributed by atoms with Crippen LogP contribution in [0.15, 0.2) is 36.0 Å². The van der Waals surface area contributed by atoms with E-state index in [1.807, 2.05) is 24.3 Å². The molecular formula is C17H27N4O2+. The molecule has 1 aromatic carbocycles. The molecule has 2 rings (SSSR count). The first-order chi connectivity index (χ1) is 11.2. The number of carbonyl (C=O) groups is 1. The molecule has 0 bridgehead atoms. The predicted molar refractivity (Wildman–Crippen MR) is 91.3 cm³/mol. The molecule has 6 nitrogen and oxygen atoms in total. The smallest absolute Gasteiger partial charge is 0.257 e. The minimum absolute atomic E-state index is 0.111. The molecule has 0 radical (unpaired) electrons. The first kappa shape index (κ1) is 17.1. The fraction of sp³-hybridized carbons (Fsp3) is 0.471. The predicted octanol–water partition coefficient (Wildman–Crippen LogP) is 0.310. The highest BCUT2D eigenvalue weighted by Gasteiger charge is 2.14. The van der Waals surface area contributed by atoms with Crippen LogP contribution in [0.4, 0.5) is 5.69 Å². The number of amides is 1. The van der Waals surface area contributed by atoms with E-state index in [4.69, 9.17) is 4.74 Å². The van der Waals surface area contributed by atoms with Crippen molar-refractivity contribution in [2.45, 2.75) is 19.8 Å². The summed E-state index contributed by atoms with van der Waals surface area (Å²) >= 11 is 0. The van der Waals surface area contributed by atoms with Crippen molar-refractivity contribution in [3.63, 3.8) is 0 Å². The van der Waals surface area contributed by atoms with Crippen molar-refractivity contribution in [2.24, 2.45) is 0 Å². The molecule has 0 spiro atoms. The van der Waals surface area contributed by atoms with Crippen molar-refractivity contribution in [1.29, 1.82) is 0 Å². The zero-order chi connectivity index (χ0) is 16.5. The Morgan fingerprint density at radius 3 is 2.87 bits per heavy atom. The van der Waals surface area contributed by atoms with Crippen LogP contribution in [0.5, 0.6) is 5.75 Å². The fourth-order valence-corrected chi connectivity index (χ4v) is 2.64. The number of ether oxygens (including phenoxy) is 1. The summed E-state index contributed by atoms with van der Waals surface area (Å²) in [6.45, 7) is 5.74. The first-order valence-corrected chi connectivity index (χ1v) is 8.17. The summed E-state index contributed by atoms with van der Waals surface area (Å²) in [4.78, 5) is 13.5. The number of anilines is 1. The van der Waals surface area contributed by atoms with Crippen LogP contribution < -0.4 is 25.8 Å². The molecule has 1 aromatic rings. The SMILES string of the molecule is CCC[NH+]1CC=C(NNC(=O)CNc2ccccc2OC)CC1. The van der Waals surface area contributed by atoms with Gasteiger partial charge in [-0.15, -0.1) is 0 Å². The minimum Gasteiger partial charge on any atom is -0.495 e. The van der Waals surface area contributed by atoms with Crippen LogP contribution in [0, 0.1) is 0 Å². The highest BCUT2D eigenvalue weighted by molar-refractivity contribution is 5.81. The lowest BCUT2D eigenvalue weighted by molar-refractivity contribution is -0.895. The number of para-hydroxylation sites is 2. The van der Waals surface area contributed by atoms with Gasteiger partial charge >= 0.3 is 0 Å². The first-order valence-electron chi connectivity index (χ1n) is 8.17. The maximum absolute atomic E-state index is 11.9. The maximum Gasteiger partial charge on any atom is 0.257 e. The molecule has 0 fully saturated rings. The van der Waals surface area contributed by atoms with Crippen molar-refractivity contribution in [3.05, 3.63) is 36.0 Å². The summed E-state index contributed by atoms with van der Waals surface area (Å²) in [6.07, 6.45) is 4.34. The van der Waals surface area contributed by atoms with E-state index in [0.29, 0.717) is 0 Å². The average Bonchev–Trinajstić information content (AvgIpc) is 2.60. The van der Waals surface area contributed by atoms with Crippen LogP contribution in [-0.2, 0) is 4.79 Å². The Bertz CT molecular complexity index is 545. The van der Waals surface area contributed by atoms with E-state index in [1.54, 1.807) is 12.0 Å². The molecule has 1 atom stereocenters. The van der Waals surface area contributed by atoms with E-state index < -0.39 is 0 Å². The van der Waals surface area contributed by atoms with Crippen LogP contribution >= 0.6 is 0 Å². The van der Waals surface area contributed by atoms with E-state index in [1.165, 1.54) is 13.0 Å². The van der Waals surface area contributed by atoms with Crippen molar-refractivity contribution < 1.29 is 14.4 Å². The number of carbonyl (C=O) groups excluding carboxylic acids is 1. The third kappa shape index (κ3) is 5.49. The molecule has 4 N–H and O–H groups in total. The molecule has 1 aliphatic rings.